The van der Waals surface area contributed by atoms with Gasteiger partial charge in [-0.05, 0) is 18.6 Å². The van der Waals surface area contributed by atoms with Crippen LogP contribution in [-0.4, -0.2) is 17.6 Å². The molecule has 0 amide bonds. The van der Waals surface area contributed by atoms with Crippen LogP contribution in [0.1, 0.15) is 17.0 Å². The van der Waals surface area contributed by atoms with E-state index in [-0.39, 0.29) is 12.1 Å². The first kappa shape index (κ1) is 12.1. The number of nitrogens with two attached hydrogens (primary N) is 1. The molecule has 1 rings (SSSR count). The van der Waals surface area contributed by atoms with Crippen LogP contribution in [-0.2, 0) is 4.79 Å². The molecular weight excluding hydrogens is 265 g/mol. The zero-order valence-electron chi connectivity index (χ0n) is 8.13. The molecule has 5 heteroatoms. The standard InChI is InChI=1S/C10H11BrFNO2/c1-5-2-3-7(12)8(9(5)11)6(4-13)10(14)15/h2-3,6H,4,13H2,1H3,(H,14,15). The zero-order chi connectivity index (χ0) is 11.6. The third kappa shape index (κ3) is 2.35. The zero-order valence-corrected chi connectivity index (χ0v) is 9.71. The summed E-state index contributed by atoms with van der Waals surface area (Å²) in [6.07, 6.45) is 0. The Labute approximate surface area is 95.2 Å². The molecule has 0 fully saturated rings. The molecule has 0 aliphatic heterocycles. The molecule has 0 bridgehead atoms. The van der Waals surface area contributed by atoms with E-state index in [1.165, 1.54) is 6.07 Å². The normalized spacial score (nSPS) is 12.5. The average molecular weight is 276 g/mol. The molecule has 15 heavy (non-hydrogen) atoms. The van der Waals surface area contributed by atoms with E-state index in [9.17, 15) is 9.18 Å². The summed E-state index contributed by atoms with van der Waals surface area (Å²) >= 11 is 3.18. The number of carbonyl (C=O) groups is 1. The fourth-order valence-corrected chi connectivity index (χ4v) is 1.94. The molecule has 1 unspecified atom stereocenters. The quantitative estimate of drug-likeness (QED) is 0.887. The van der Waals surface area contributed by atoms with E-state index >= 15 is 0 Å². The van der Waals surface area contributed by atoms with Gasteiger partial charge >= 0.3 is 5.97 Å². The Morgan fingerprint density at radius 3 is 2.73 bits per heavy atom. The predicted octanol–water partition coefficient (Wildman–Crippen LogP) is 2.02. The Hall–Kier alpha value is -0.940. The molecule has 0 saturated heterocycles. The summed E-state index contributed by atoms with van der Waals surface area (Å²) in [5.41, 5.74) is 6.22. The Kier molecular flexibility index (Phi) is 3.82. The lowest BCUT2D eigenvalue weighted by atomic mass is 9.97. The van der Waals surface area contributed by atoms with Crippen LogP contribution in [0.25, 0.3) is 0 Å². The third-order valence-corrected chi connectivity index (χ3v) is 3.25. The number of carboxylic acid groups (broad SMARTS) is 1. The summed E-state index contributed by atoms with van der Waals surface area (Å²) in [7, 11) is 0. The Morgan fingerprint density at radius 1 is 1.67 bits per heavy atom. The number of carboxylic acids is 1. The maximum atomic E-state index is 13.5. The van der Waals surface area contributed by atoms with Crippen molar-refractivity contribution in [2.45, 2.75) is 12.8 Å². The van der Waals surface area contributed by atoms with E-state index in [0.29, 0.717) is 4.47 Å². The van der Waals surface area contributed by atoms with Gasteiger partial charge < -0.3 is 10.8 Å². The molecule has 0 radical (unpaired) electrons. The Bertz CT molecular complexity index is 395. The number of aryl methyl sites for hydroxylation is 1. The predicted molar refractivity (Wildman–Crippen MR) is 58.3 cm³/mol. The summed E-state index contributed by atoms with van der Waals surface area (Å²) in [5.74, 6) is -2.69. The third-order valence-electron chi connectivity index (χ3n) is 2.20. The van der Waals surface area contributed by atoms with E-state index in [4.69, 9.17) is 10.8 Å². The minimum Gasteiger partial charge on any atom is -0.481 e. The van der Waals surface area contributed by atoms with Crippen molar-refractivity contribution in [1.82, 2.24) is 0 Å². The minimum atomic E-state index is -1.12. The number of aliphatic carboxylic acids is 1. The average Bonchev–Trinajstić information content (AvgIpc) is 2.18. The van der Waals surface area contributed by atoms with E-state index in [2.05, 4.69) is 15.9 Å². The summed E-state index contributed by atoms with van der Waals surface area (Å²) < 4.78 is 14.0. The fraction of sp³-hybridized carbons (Fsp3) is 0.300. The lowest BCUT2D eigenvalue weighted by Crippen LogP contribution is -2.22. The molecule has 0 heterocycles. The van der Waals surface area contributed by atoms with Gasteiger partial charge in [-0.25, -0.2) is 4.39 Å². The van der Waals surface area contributed by atoms with Crippen molar-refractivity contribution in [2.24, 2.45) is 5.73 Å². The molecule has 3 nitrogen and oxygen atoms in total. The van der Waals surface area contributed by atoms with Crippen molar-refractivity contribution in [3.05, 3.63) is 33.5 Å². The van der Waals surface area contributed by atoms with Gasteiger partial charge in [-0.1, -0.05) is 22.0 Å². The fourth-order valence-electron chi connectivity index (χ4n) is 1.34. The Morgan fingerprint density at radius 2 is 2.27 bits per heavy atom. The molecule has 1 aromatic carbocycles. The highest BCUT2D eigenvalue weighted by molar-refractivity contribution is 9.10. The van der Waals surface area contributed by atoms with Crippen molar-refractivity contribution in [3.63, 3.8) is 0 Å². The van der Waals surface area contributed by atoms with Crippen LogP contribution in [0.4, 0.5) is 4.39 Å². The molecule has 0 saturated carbocycles. The molecule has 0 aliphatic carbocycles. The van der Waals surface area contributed by atoms with Crippen LogP contribution < -0.4 is 5.73 Å². The van der Waals surface area contributed by atoms with Gasteiger partial charge in [-0.2, -0.15) is 0 Å². The first-order valence-corrected chi connectivity index (χ1v) is 5.15. The van der Waals surface area contributed by atoms with Crippen molar-refractivity contribution < 1.29 is 14.3 Å². The minimum absolute atomic E-state index is 0.116. The monoisotopic (exact) mass is 275 g/mol. The van der Waals surface area contributed by atoms with Gasteiger partial charge in [0.2, 0.25) is 0 Å². The molecule has 82 valence electrons. The van der Waals surface area contributed by atoms with Crippen LogP contribution in [0.3, 0.4) is 0 Å². The van der Waals surface area contributed by atoms with Crippen LogP contribution >= 0.6 is 15.9 Å². The van der Waals surface area contributed by atoms with Crippen LogP contribution in [0.2, 0.25) is 0 Å². The van der Waals surface area contributed by atoms with Crippen molar-refractivity contribution in [3.8, 4) is 0 Å². The summed E-state index contributed by atoms with van der Waals surface area (Å²) in [6, 6.07) is 2.83. The van der Waals surface area contributed by atoms with Crippen LogP contribution in [0.15, 0.2) is 16.6 Å². The maximum Gasteiger partial charge on any atom is 0.312 e. The van der Waals surface area contributed by atoms with E-state index in [0.717, 1.165) is 5.56 Å². The molecule has 1 atom stereocenters. The van der Waals surface area contributed by atoms with E-state index in [1.807, 2.05) is 0 Å². The van der Waals surface area contributed by atoms with Gasteiger partial charge in [-0.15, -0.1) is 0 Å². The van der Waals surface area contributed by atoms with E-state index in [1.54, 1.807) is 13.0 Å². The van der Waals surface area contributed by atoms with Gasteiger partial charge in [-0.3, -0.25) is 4.79 Å². The largest absolute Gasteiger partial charge is 0.481 e. The molecule has 3 N–H and O–H groups in total. The second kappa shape index (κ2) is 4.72. The molecule has 0 spiro atoms. The van der Waals surface area contributed by atoms with Gasteiger partial charge in [0.05, 0.1) is 5.92 Å². The smallest absolute Gasteiger partial charge is 0.312 e. The highest BCUT2D eigenvalue weighted by Crippen LogP contribution is 2.30. The first-order valence-electron chi connectivity index (χ1n) is 4.36. The van der Waals surface area contributed by atoms with Crippen LogP contribution in [0, 0.1) is 12.7 Å². The second-order valence-electron chi connectivity index (χ2n) is 3.22. The topological polar surface area (TPSA) is 63.3 Å². The molecular formula is C10H11BrFNO2. The molecule has 0 aromatic heterocycles. The lowest BCUT2D eigenvalue weighted by molar-refractivity contribution is -0.138. The molecule has 0 aliphatic rings. The number of rotatable bonds is 3. The number of hydrogen-bond donors (Lipinski definition) is 2. The number of hydrogen-bond acceptors (Lipinski definition) is 2. The second-order valence-corrected chi connectivity index (χ2v) is 4.01. The Balaban J connectivity index is 3.34. The van der Waals surface area contributed by atoms with Gasteiger partial charge in [0, 0.05) is 16.6 Å². The first-order chi connectivity index (χ1) is 6.99. The van der Waals surface area contributed by atoms with Crippen molar-refractivity contribution in [2.75, 3.05) is 6.54 Å². The maximum absolute atomic E-state index is 13.5. The lowest BCUT2D eigenvalue weighted by Gasteiger charge is -2.14. The van der Waals surface area contributed by atoms with Crippen molar-refractivity contribution in [1.29, 1.82) is 0 Å². The van der Waals surface area contributed by atoms with Gasteiger partial charge in [0.15, 0.2) is 0 Å². The van der Waals surface area contributed by atoms with Gasteiger partial charge in [0.1, 0.15) is 5.82 Å². The summed E-state index contributed by atoms with van der Waals surface area (Å²) in [4.78, 5) is 10.9. The number of benzene rings is 1. The summed E-state index contributed by atoms with van der Waals surface area (Å²) in [6.45, 7) is 1.64. The van der Waals surface area contributed by atoms with Crippen molar-refractivity contribution >= 4 is 21.9 Å². The van der Waals surface area contributed by atoms with Gasteiger partial charge in [0.25, 0.3) is 0 Å². The summed E-state index contributed by atoms with van der Waals surface area (Å²) in [5, 5.41) is 8.90. The SMILES string of the molecule is Cc1ccc(F)c(C(CN)C(=O)O)c1Br. The highest BCUT2D eigenvalue weighted by atomic mass is 79.9. The highest BCUT2D eigenvalue weighted by Gasteiger charge is 2.24. The molecule has 1 aromatic rings. The van der Waals surface area contributed by atoms with Crippen LogP contribution in [0.5, 0.6) is 0 Å². The van der Waals surface area contributed by atoms with E-state index < -0.39 is 17.7 Å². The number of halogens is 2.